The summed E-state index contributed by atoms with van der Waals surface area (Å²) in [7, 11) is -0.527. The number of sulfonamides is 1. The highest BCUT2D eigenvalue weighted by atomic mass is 32.2. The predicted molar refractivity (Wildman–Crippen MR) is 99.7 cm³/mol. The minimum atomic E-state index is -3.50. The zero-order valence-electron chi connectivity index (χ0n) is 13.6. The molecule has 7 nitrogen and oxygen atoms in total. The quantitative estimate of drug-likeness (QED) is 0.790. The first-order valence-corrected chi connectivity index (χ1v) is 9.21. The summed E-state index contributed by atoms with van der Waals surface area (Å²) in [5.41, 5.74) is 1.31. The number of rotatable bonds is 4. The van der Waals surface area contributed by atoms with Crippen molar-refractivity contribution in [3.8, 4) is 11.5 Å². The van der Waals surface area contributed by atoms with E-state index in [0.29, 0.717) is 22.3 Å². The lowest BCUT2D eigenvalue weighted by Gasteiger charge is -2.14. The Kier molecular flexibility index (Phi) is 4.80. The molecule has 1 aliphatic rings. The van der Waals surface area contributed by atoms with Gasteiger partial charge in [0.1, 0.15) is 0 Å². The molecule has 0 unspecified atom stereocenters. The number of benzene rings is 2. The number of ether oxygens (including phenoxy) is 2. The van der Waals surface area contributed by atoms with Gasteiger partial charge in [0.2, 0.25) is 16.8 Å². The highest BCUT2D eigenvalue weighted by molar-refractivity contribution is 7.89. The van der Waals surface area contributed by atoms with E-state index < -0.39 is 10.0 Å². The number of hydrogen-bond acceptors (Lipinski definition) is 5. The average molecular weight is 379 g/mol. The molecule has 0 aliphatic carbocycles. The van der Waals surface area contributed by atoms with Crippen molar-refractivity contribution in [3.63, 3.8) is 0 Å². The third-order valence-electron chi connectivity index (χ3n) is 3.50. The number of fused-ring (bicyclic) bond motifs is 1. The van der Waals surface area contributed by atoms with Crippen LogP contribution in [0.25, 0.3) is 0 Å². The summed E-state index contributed by atoms with van der Waals surface area (Å²) >= 11 is 5.28. The van der Waals surface area contributed by atoms with Crippen molar-refractivity contribution < 1.29 is 17.9 Å². The molecule has 0 radical (unpaired) electrons. The highest BCUT2D eigenvalue weighted by Gasteiger charge is 2.17. The second kappa shape index (κ2) is 6.87. The zero-order chi connectivity index (χ0) is 18.0. The molecule has 0 saturated carbocycles. The van der Waals surface area contributed by atoms with Gasteiger partial charge in [-0.05, 0) is 42.5 Å². The van der Waals surface area contributed by atoms with Crippen molar-refractivity contribution in [1.29, 1.82) is 0 Å². The number of nitrogens with one attached hydrogen (secondary N) is 2. The van der Waals surface area contributed by atoms with Crippen molar-refractivity contribution in [2.24, 2.45) is 0 Å². The molecule has 132 valence electrons. The van der Waals surface area contributed by atoms with Crippen LogP contribution in [0, 0.1) is 0 Å². The first kappa shape index (κ1) is 17.5. The van der Waals surface area contributed by atoms with Crippen molar-refractivity contribution in [3.05, 3.63) is 42.5 Å². The summed E-state index contributed by atoms with van der Waals surface area (Å²) in [6.07, 6.45) is 0. The van der Waals surface area contributed by atoms with Gasteiger partial charge in [0.05, 0.1) is 4.90 Å². The van der Waals surface area contributed by atoms with Crippen molar-refractivity contribution in [2.45, 2.75) is 4.90 Å². The van der Waals surface area contributed by atoms with Crippen LogP contribution >= 0.6 is 12.2 Å². The number of hydrogen-bond donors (Lipinski definition) is 2. The molecule has 2 aromatic carbocycles. The summed E-state index contributed by atoms with van der Waals surface area (Å²) in [5.74, 6) is 1.33. The molecule has 3 rings (SSSR count). The average Bonchev–Trinajstić information content (AvgIpc) is 3.02. The highest BCUT2D eigenvalue weighted by Crippen LogP contribution is 2.34. The van der Waals surface area contributed by atoms with Gasteiger partial charge in [-0.2, -0.15) is 0 Å². The fraction of sp³-hybridized carbons (Fsp3) is 0.188. The topological polar surface area (TPSA) is 79.9 Å². The molecule has 9 heteroatoms. The summed E-state index contributed by atoms with van der Waals surface area (Å²) in [4.78, 5) is 0.188. The van der Waals surface area contributed by atoms with Crippen molar-refractivity contribution in [2.75, 3.05) is 31.5 Å². The van der Waals surface area contributed by atoms with E-state index in [0.717, 1.165) is 9.99 Å². The minimum Gasteiger partial charge on any atom is -0.454 e. The molecule has 25 heavy (non-hydrogen) atoms. The molecule has 2 N–H and O–H groups in total. The van der Waals surface area contributed by atoms with Gasteiger partial charge >= 0.3 is 0 Å². The van der Waals surface area contributed by atoms with E-state index in [-0.39, 0.29) is 11.7 Å². The molecule has 1 aliphatic heterocycles. The molecule has 0 amide bonds. The van der Waals surface area contributed by atoms with Crippen molar-refractivity contribution >= 4 is 38.7 Å². The van der Waals surface area contributed by atoms with Crippen LogP contribution in [0.15, 0.2) is 47.4 Å². The Morgan fingerprint density at radius 1 is 1.04 bits per heavy atom. The fourth-order valence-electron chi connectivity index (χ4n) is 2.21. The van der Waals surface area contributed by atoms with Crippen LogP contribution in [0.1, 0.15) is 0 Å². The van der Waals surface area contributed by atoms with Gasteiger partial charge in [0.15, 0.2) is 16.6 Å². The van der Waals surface area contributed by atoms with Crippen LogP contribution in [-0.2, 0) is 10.0 Å². The van der Waals surface area contributed by atoms with Gasteiger partial charge in [0.25, 0.3) is 0 Å². The predicted octanol–water partition coefficient (Wildman–Crippen LogP) is 2.47. The van der Waals surface area contributed by atoms with E-state index in [1.807, 2.05) is 6.07 Å². The first-order valence-electron chi connectivity index (χ1n) is 7.36. The maximum absolute atomic E-state index is 12.2. The number of thiocarbonyl (C=S) groups is 1. The second-order valence-corrected chi connectivity index (χ2v) is 8.02. The minimum absolute atomic E-state index is 0.188. The molecule has 0 fully saturated rings. The second-order valence-electron chi connectivity index (χ2n) is 5.46. The van der Waals surface area contributed by atoms with Crippen LogP contribution in [0.4, 0.5) is 11.4 Å². The van der Waals surface area contributed by atoms with E-state index in [1.165, 1.54) is 26.2 Å². The van der Waals surface area contributed by atoms with Crippen LogP contribution in [0.3, 0.4) is 0 Å². The van der Waals surface area contributed by atoms with Gasteiger partial charge in [-0.15, -0.1) is 0 Å². The van der Waals surface area contributed by atoms with Gasteiger partial charge in [0, 0.05) is 31.5 Å². The van der Waals surface area contributed by atoms with Gasteiger partial charge in [-0.1, -0.05) is 6.07 Å². The fourth-order valence-corrected chi connectivity index (χ4v) is 3.40. The molecule has 0 aromatic heterocycles. The lowest BCUT2D eigenvalue weighted by molar-refractivity contribution is 0.174. The summed E-state index contributed by atoms with van der Waals surface area (Å²) in [6, 6.07) is 11.8. The Morgan fingerprint density at radius 3 is 2.44 bits per heavy atom. The summed E-state index contributed by atoms with van der Waals surface area (Å²) in [5, 5.41) is 6.33. The Balaban J connectivity index is 1.71. The van der Waals surface area contributed by atoms with Gasteiger partial charge < -0.3 is 20.1 Å². The normalized spacial score (nSPS) is 12.9. The van der Waals surface area contributed by atoms with E-state index >= 15 is 0 Å². The molecular formula is C16H17N3O4S2. The monoisotopic (exact) mass is 379 g/mol. The molecular weight excluding hydrogens is 362 g/mol. The molecule has 1 heterocycles. The molecule has 0 spiro atoms. The summed E-state index contributed by atoms with van der Waals surface area (Å²) < 4.78 is 36.1. The van der Waals surface area contributed by atoms with E-state index in [2.05, 4.69) is 10.6 Å². The smallest absolute Gasteiger partial charge is 0.242 e. The standard InChI is InChI=1S/C16H17N3O4S2/c1-19(2)25(20,21)13-5-3-4-11(8-13)17-16(24)18-12-6-7-14-15(9-12)23-10-22-14/h3-9H,10H2,1-2H3,(H2,17,18,24). The Labute approximate surface area is 151 Å². The first-order chi connectivity index (χ1) is 11.9. The Morgan fingerprint density at radius 2 is 1.72 bits per heavy atom. The van der Waals surface area contributed by atoms with Crippen LogP contribution < -0.4 is 20.1 Å². The Bertz CT molecular complexity index is 913. The van der Waals surface area contributed by atoms with E-state index in [9.17, 15) is 8.42 Å². The van der Waals surface area contributed by atoms with Crippen LogP contribution in [0.5, 0.6) is 11.5 Å². The molecule has 0 saturated heterocycles. The molecule has 0 atom stereocenters. The van der Waals surface area contributed by atoms with Crippen molar-refractivity contribution in [1.82, 2.24) is 4.31 Å². The van der Waals surface area contributed by atoms with Crippen LogP contribution in [0.2, 0.25) is 0 Å². The van der Waals surface area contributed by atoms with E-state index in [1.54, 1.807) is 24.3 Å². The lowest BCUT2D eigenvalue weighted by Crippen LogP contribution is -2.23. The largest absolute Gasteiger partial charge is 0.454 e. The van der Waals surface area contributed by atoms with Gasteiger partial charge in [-0.3, -0.25) is 0 Å². The third kappa shape index (κ3) is 3.84. The van der Waals surface area contributed by atoms with Crippen LogP contribution in [-0.4, -0.2) is 38.7 Å². The molecule has 0 bridgehead atoms. The van der Waals surface area contributed by atoms with Gasteiger partial charge in [-0.25, -0.2) is 12.7 Å². The Hall–Kier alpha value is -2.36. The molecule has 2 aromatic rings. The van der Waals surface area contributed by atoms with E-state index in [4.69, 9.17) is 21.7 Å². The SMILES string of the molecule is CN(C)S(=O)(=O)c1cccc(NC(=S)Nc2ccc3c(c2)OCO3)c1. The number of anilines is 2. The number of nitrogens with zero attached hydrogens (tertiary/aromatic N) is 1. The lowest BCUT2D eigenvalue weighted by atomic mass is 10.3. The maximum atomic E-state index is 12.2. The maximum Gasteiger partial charge on any atom is 0.242 e. The third-order valence-corrected chi connectivity index (χ3v) is 5.52. The zero-order valence-corrected chi connectivity index (χ0v) is 15.3. The summed E-state index contributed by atoms with van der Waals surface area (Å²) in [6.45, 7) is 0.203.